The molecular formula is C27H30ClN5O5S. The van der Waals surface area contributed by atoms with Gasteiger partial charge in [0.15, 0.2) is 0 Å². The Hall–Kier alpha value is -3.54. The van der Waals surface area contributed by atoms with Crippen molar-refractivity contribution in [2.45, 2.75) is 36.7 Å². The van der Waals surface area contributed by atoms with E-state index in [1.807, 2.05) is 12.1 Å². The van der Waals surface area contributed by atoms with Crippen molar-refractivity contribution in [2.24, 2.45) is 5.73 Å². The minimum Gasteiger partial charge on any atom is -0.369 e. The Morgan fingerprint density at radius 2 is 1.79 bits per heavy atom. The van der Waals surface area contributed by atoms with E-state index in [1.165, 1.54) is 17.0 Å². The highest BCUT2D eigenvalue weighted by Gasteiger charge is 2.45. The highest BCUT2D eigenvalue weighted by Crippen LogP contribution is 2.29. The lowest BCUT2D eigenvalue weighted by Gasteiger charge is -2.30. The summed E-state index contributed by atoms with van der Waals surface area (Å²) in [5, 5.41) is 1.89. The molecule has 1 aliphatic heterocycles. The van der Waals surface area contributed by atoms with E-state index in [0.29, 0.717) is 23.4 Å². The number of primary amides is 1. The number of sulfonamides is 1. The fraction of sp³-hybridized carbons (Fsp3) is 0.333. The van der Waals surface area contributed by atoms with E-state index in [9.17, 15) is 22.8 Å². The Bertz CT molecular complexity index is 1500. The van der Waals surface area contributed by atoms with Crippen LogP contribution < -0.4 is 5.73 Å². The number of rotatable bonds is 10. The van der Waals surface area contributed by atoms with Crippen LogP contribution in [0.3, 0.4) is 0 Å². The van der Waals surface area contributed by atoms with Crippen molar-refractivity contribution in [1.29, 1.82) is 0 Å². The molecule has 39 heavy (non-hydrogen) atoms. The van der Waals surface area contributed by atoms with Crippen molar-refractivity contribution in [3.05, 3.63) is 71.5 Å². The number of hydrogen-bond donors (Lipinski definition) is 1. The Morgan fingerprint density at radius 1 is 1.13 bits per heavy atom. The third-order valence-electron chi connectivity index (χ3n) is 6.94. The number of carbonyl (C=O) groups excluding carboxylic acids is 3. The summed E-state index contributed by atoms with van der Waals surface area (Å²) in [5.41, 5.74) is 6.43. The summed E-state index contributed by atoms with van der Waals surface area (Å²) in [6.45, 7) is 1.55. The predicted molar refractivity (Wildman–Crippen MR) is 147 cm³/mol. The first kappa shape index (κ1) is 28.5. The first-order chi connectivity index (χ1) is 18.5. The van der Waals surface area contributed by atoms with Crippen LogP contribution in [-0.2, 0) is 30.8 Å². The van der Waals surface area contributed by atoms with Gasteiger partial charge < -0.3 is 15.5 Å². The van der Waals surface area contributed by atoms with Crippen LogP contribution >= 0.6 is 11.6 Å². The predicted octanol–water partition coefficient (Wildman–Crippen LogP) is 2.05. The van der Waals surface area contributed by atoms with Gasteiger partial charge in [0.25, 0.3) is 0 Å². The number of likely N-dealkylation sites (N-methyl/N-ethyl adjacent to an activating group) is 1. The number of carbonyl (C=O) groups is 3. The van der Waals surface area contributed by atoms with Gasteiger partial charge in [-0.2, -0.15) is 4.31 Å². The average Bonchev–Trinajstić information content (AvgIpc) is 3.30. The smallest absolute Gasteiger partial charge is 0.244 e. The Kier molecular flexibility index (Phi) is 8.53. The van der Waals surface area contributed by atoms with Gasteiger partial charge in [0.05, 0.1) is 11.4 Å². The largest absolute Gasteiger partial charge is 0.369 e. The zero-order valence-corrected chi connectivity index (χ0v) is 23.2. The number of nitrogens with zero attached hydrogens (tertiary/aromatic N) is 4. The molecule has 2 atom stereocenters. The molecule has 0 spiro atoms. The van der Waals surface area contributed by atoms with Gasteiger partial charge in [-0.1, -0.05) is 23.7 Å². The van der Waals surface area contributed by atoms with Gasteiger partial charge >= 0.3 is 0 Å². The van der Waals surface area contributed by atoms with Gasteiger partial charge in [-0.15, -0.1) is 0 Å². The molecule has 12 heteroatoms. The van der Waals surface area contributed by atoms with E-state index in [0.717, 1.165) is 15.3 Å². The van der Waals surface area contributed by atoms with Gasteiger partial charge in [0.2, 0.25) is 27.7 Å². The minimum absolute atomic E-state index is 0.0789. The number of nitrogens with two attached hydrogens (primary N) is 1. The normalized spacial score (nSPS) is 16.6. The van der Waals surface area contributed by atoms with Crippen LogP contribution in [0.5, 0.6) is 0 Å². The molecular weight excluding hydrogens is 542 g/mol. The van der Waals surface area contributed by atoms with E-state index in [1.54, 1.807) is 55.5 Å². The molecule has 4 rings (SSSR count). The van der Waals surface area contributed by atoms with Gasteiger partial charge in [0.1, 0.15) is 12.1 Å². The van der Waals surface area contributed by atoms with Crippen molar-refractivity contribution >= 4 is 50.1 Å². The number of halogens is 1. The fourth-order valence-electron chi connectivity index (χ4n) is 4.75. The molecule has 10 nitrogen and oxygen atoms in total. The van der Waals surface area contributed by atoms with E-state index in [-0.39, 0.29) is 23.8 Å². The third kappa shape index (κ3) is 6.21. The van der Waals surface area contributed by atoms with Crippen LogP contribution in [0.2, 0.25) is 5.02 Å². The molecule has 0 aliphatic carbocycles. The summed E-state index contributed by atoms with van der Waals surface area (Å²) in [4.78, 5) is 45.3. The highest BCUT2D eigenvalue weighted by molar-refractivity contribution is 7.89. The molecule has 3 aromatic rings. The maximum absolute atomic E-state index is 13.7. The topological polar surface area (TPSA) is 134 Å². The number of pyridine rings is 1. The highest BCUT2D eigenvalue weighted by atomic mass is 35.5. The summed E-state index contributed by atoms with van der Waals surface area (Å²) >= 11 is 6.04. The van der Waals surface area contributed by atoms with Crippen LogP contribution in [0.15, 0.2) is 65.8 Å². The number of likely N-dealkylation sites (tertiary alicyclic amines) is 1. The van der Waals surface area contributed by atoms with Crippen molar-refractivity contribution in [2.75, 3.05) is 26.7 Å². The van der Waals surface area contributed by atoms with Gasteiger partial charge in [0, 0.05) is 37.6 Å². The Balaban J connectivity index is 1.52. The molecule has 0 radical (unpaired) electrons. The van der Waals surface area contributed by atoms with Crippen molar-refractivity contribution in [1.82, 2.24) is 19.1 Å². The van der Waals surface area contributed by atoms with Crippen molar-refractivity contribution in [3.63, 3.8) is 0 Å². The number of amides is 3. The second-order valence-corrected chi connectivity index (χ2v) is 11.9. The Morgan fingerprint density at radius 3 is 2.49 bits per heavy atom. The van der Waals surface area contributed by atoms with Crippen LogP contribution in [0.4, 0.5) is 0 Å². The molecule has 2 aromatic carbocycles. The number of aromatic nitrogens is 1. The van der Waals surface area contributed by atoms with Crippen molar-refractivity contribution in [3.8, 4) is 0 Å². The average molecular weight is 572 g/mol. The lowest BCUT2D eigenvalue weighted by Crippen LogP contribution is -2.52. The summed E-state index contributed by atoms with van der Waals surface area (Å²) in [6.07, 6.45) is 4.11. The monoisotopic (exact) mass is 571 g/mol. The Labute approximate surface area is 232 Å². The number of hydrogen-bond acceptors (Lipinski definition) is 6. The molecule has 1 aromatic heterocycles. The van der Waals surface area contributed by atoms with Crippen molar-refractivity contribution < 1.29 is 22.8 Å². The van der Waals surface area contributed by atoms with Gasteiger partial charge in [-0.3, -0.25) is 19.4 Å². The SMILES string of the molecule is C[C@@H](C(=O)N(C)CCc1ccncc1)N1CC[C@H](N(CC(N)=O)S(=O)(=O)c2ccc3cc(Cl)ccc3c2)C1=O. The molecule has 1 aliphatic rings. The molecule has 0 unspecified atom stereocenters. The number of fused-ring (bicyclic) bond motifs is 1. The molecule has 2 N–H and O–H groups in total. The lowest BCUT2D eigenvalue weighted by molar-refractivity contribution is -0.143. The quantitative estimate of drug-likeness (QED) is 0.396. The first-order valence-electron chi connectivity index (χ1n) is 12.4. The van der Waals surface area contributed by atoms with Crippen LogP contribution in [0.1, 0.15) is 18.9 Å². The summed E-state index contributed by atoms with van der Waals surface area (Å²) < 4.78 is 28.2. The second-order valence-electron chi connectivity index (χ2n) is 9.55. The first-order valence-corrected chi connectivity index (χ1v) is 14.2. The maximum atomic E-state index is 13.7. The summed E-state index contributed by atoms with van der Waals surface area (Å²) in [7, 11) is -2.63. The standard InChI is InChI=1S/C27H30ClN5O5S/c1-18(26(35)31(2)13-9-19-7-11-30-12-8-19)32-14-10-24(27(32)36)33(17-25(29)34)39(37,38)23-6-4-20-15-22(28)5-3-21(20)16-23/h3-8,11-12,15-16,18,24H,9-10,13-14,17H2,1-2H3,(H2,29,34)/t18-,24-/m0/s1. The van der Waals surface area contributed by atoms with Gasteiger partial charge in [-0.25, -0.2) is 8.42 Å². The molecule has 1 saturated heterocycles. The van der Waals surface area contributed by atoms with E-state index >= 15 is 0 Å². The molecule has 0 bridgehead atoms. The second kappa shape index (κ2) is 11.7. The van der Waals surface area contributed by atoms with Crippen LogP contribution in [0, 0.1) is 0 Å². The molecule has 1 fully saturated rings. The molecule has 0 saturated carbocycles. The zero-order valence-electron chi connectivity index (χ0n) is 21.7. The van der Waals surface area contributed by atoms with Gasteiger partial charge in [-0.05, 0) is 72.5 Å². The van der Waals surface area contributed by atoms with E-state index < -0.39 is 40.5 Å². The number of benzene rings is 2. The molecule has 2 heterocycles. The van der Waals surface area contributed by atoms with Crippen LogP contribution in [0.25, 0.3) is 10.8 Å². The molecule has 206 valence electrons. The lowest BCUT2D eigenvalue weighted by atomic mass is 10.1. The zero-order chi connectivity index (χ0) is 28.3. The summed E-state index contributed by atoms with van der Waals surface area (Å²) in [5.74, 6) is -1.70. The van der Waals surface area contributed by atoms with E-state index in [2.05, 4.69) is 4.98 Å². The minimum atomic E-state index is -4.29. The van der Waals surface area contributed by atoms with E-state index in [4.69, 9.17) is 17.3 Å². The fourth-order valence-corrected chi connectivity index (χ4v) is 6.55. The van der Waals surface area contributed by atoms with Crippen LogP contribution in [-0.4, -0.2) is 84.0 Å². The maximum Gasteiger partial charge on any atom is 0.244 e. The molecule has 3 amide bonds. The third-order valence-corrected chi connectivity index (χ3v) is 9.02. The summed E-state index contributed by atoms with van der Waals surface area (Å²) in [6, 6.07) is 11.3.